The number of aliphatic hydroxyl groups is 2. The summed E-state index contributed by atoms with van der Waals surface area (Å²) in [6.07, 6.45) is 1.08. The number of aromatic amines is 2. The number of hydrogen-bond donors (Lipinski definition) is 8. The van der Waals surface area contributed by atoms with Crippen LogP contribution in [-0.4, -0.2) is 161 Å². The molecule has 0 fully saturated rings. The Morgan fingerprint density at radius 2 is 0.964 bits per heavy atom. The predicted octanol–water partition coefficient (Wildman–Crippen LogP) is -2.06. The number of nitrogens with zero attached hydrogens (tertiary/aromatic N) is 6. The van der Waals surface area contributed by atoms with Crippen molar-refractivity contribution in [2.75, 3.05) is 65.6 Å². The maximum Gasteiger partial charge on any atom is 0.414 e. The molecule has 0 saturated carbocycles. The molecule has 0 saturated heterocycles. The number of amides is 8. The zero-order valence-electron chi connectivity index (χ0n) is 31.0. The van der Waals surface area contributed by atoms with Gasteiger partial charge in [0.15, 0.2) is 0 Å². The number of hydrogen-bond acceptors (Lipinski definition) is 12. The Kier molecular flexibility index (Phi) is 18.7. The van der Waals surface area contributed by atoms with Crippen LogP contribution < -0.4 is 33.1 Å². The van der Waals surface area contributed by atoms with Crippen molar-refractivity contribution < 1.29 is 49.2 Å². The van der Waals surface area contributed by atoms with Gasteiger partial charge in [-0.25, -0.2) is 38.6 Å². The summed E-state index contributed by atoms with van der Waals surface area (Å²) in [6, 6.07) is -1.11. The van der Waals surface area contributed by atoms with E-state index in [1.807, 2.05) is 9.97 Å². The monoisotopic (exact) mass is 796 g/mol. The Labute approximate surface area is 317 Å². The standard InChI is InChI=1S/C32H48N10O14/c1-3-41(31(53)54)25(47)21-19-39(29(51)35-23(21)45)13-11-37(15-17-43)27(49)33-9-7-5-6-8-10-34-28(50)38(16-18-44)12-14-40-20-22(24(46)36-30(40)52)26(48)42(4-2)32(55)56/h19-20,43-44H,3-18H2,1-2H3,(H,33,49)(H,34,50)(H,53,54)(H,55,56)(H,35,45,51)(H,36,46,52). The summed E-state index contributed by atoms with van der Waals surface area (Å²) in [4.78, 5) is 130. The number of aliphatic hydroxyl groups excluding tert-OH is 2. The lowest BCUT2D eigenvalue weighted by atomic mass is 10.2. The molecule has 24 heteroatoms. The van der Waals surface area contributed by atoms with Gasteiger partial charge in [0.1, 0.15) is 11.1 Å². The molecule has 0 bridgehead atoms. The van der Waals surface area contributed by atoms with E-state index in [1.165, 1.54) is 23.6 Å². The molecular formula is C32H48N10O14. The first kappa shape index (κ1) is 45.9. The molecule has 8 N–H and O–H groups in total. The molecule has 56 heavy (non-hydrogen) atoms. The molecular weight excluding hydrogens is 748 g/mol. The average molecular weight is 797 g/mol. The molecule has 2 heterocycles. The number of imide groups is 2. The number of urea groups is 2. The fourth-order valence-corrected chi connectivity index (χ4v) is 5.22. The van der Waals surface area contributed by atoms with Crippen molar-refractivity contribution >= 4 is 36.1 Å². The molecule has 310 valence electrons. The summed E-state index contributed by atoms with van der Waals surface area (Å²) in [6.45, 7) is 1.22. The predicted molar refractivity (Wildman–Crippen MR) is 195 cm³/mol. The number of rotatable bonds is 21. The van der Waals surface area contributed by atoms with Gasteiger partial charge in [0.25, 0.3) is 22.9 Å². The molecule has 0 atom stereocenters. The van der Waals surface area contributed by atoms with Crippen LogP contribution in [0.25, 0.3) is 0 Å². The molecule has 0 aromatic carbocycles. The number of aromatic nitrogens is 4. The van der Waals surface area contributed by atoms with E-state index in [-0.39, 0.29) is 65.4 Å². The van der Waals surface area contributed by atoms with Crippen LogP contribution in [0.15, 0.2) is 31.6 Å². The SMILES string of the molecule is CCN(C(=O)O)C(=O)c1cn(CCN(CCO)C(=O)NCCCCCCNC(=O)N(CCO)CCn2cc(C(=O)N(CC)C(=O)O)c(=O)[nH]c2=O)c(=O)[nH]c1=O. The van der Waals surface area contributed by atoms with E-state index in [1.54, 1.807) is 0 Å². The lowest BCUT2D eigenvalue weighted by Gasteiger charge is -2.23. The van der Waals surface area contributed by atoms with Crippen LogP contribution in [0.2, 0.25) is 0 Å². The first-order valence-corrected chi connectivity index (χ1v) is 17.7. The van der Waals surface area contributed by atoms with Gasteiger partial charge < -0.3 is 40.9 Å². The van der Waals surface area contributed by atoms with Gasteiger partial charge in [0, 0.05) is 77.8 Å². The Hall–Kier alpha value is -6.30. The van der Waals surface area contributed by atoms with Crippen LogP contribution in [0.1, 0.15) is 60.2 Å². The van der Waals surface area contributed by atoms with Crippen molar-refractivity contribution in [3.8, 4) is 0 Å². The van der Waals surface area contributed by atoms with E-state index in [4.69, 9.17) is 0 Å². The second kappa shape index (κ2) is 22.8. The quantitative estimate of drug-likeness (QED) is 0.0630. The van der Waals surface area contributed by atoms with Crippen LogP contribution in [0, 0.1) is 0 Å². The van der Waals surface area contributed by atoms with Crippen molar-refractivity contribution in [2.45, 2.75) is 52.6 Å². The molecule has 0 spiro atoms. The van der Waals surface area contributed by atoms with Crippen LogP contribution in [0.4, 0.5) is 19.2 Å². The topological polar surface area (TPSA) is 330 Å². The van der Waals surface area contributed by atoms with E-state index in [0.29, 0.717) is 35.5 Å². The summed E-state index contributed by atoms with van der Waals surface area (Å²) >= 11 is 0. The van der Waals surface area contributed by atoms with E-state index in [0.717, 1.165) is 21.5 Å². The van der Waals surface area contributed by atoms with Crippen molar-refractivity contribution in [2.24, 2.45) is 0 Å². The number of nitrogens with one attached hydrogen (secondary N) is 4. The molecule has 2 aromatic rings. The van der Waals surface area contributed by atoms with Gasteiger partial charge in [-0.2, -0.15) is 0 Å². The highest BCUT2D eigenvalue weighted by molar-refractivity contribution is 6.02. The van der Waals surface area contributed by atoms with Gasteiger partial charge >= 0.3 is 35.6 Å². The summed E-state index contributed by atoms with van der Waals surface area (Å²) < 4.78 is 1.89. The molecule has 2 aromatic heterocycles. The maximum absolute atomic E-state index is 12.8. The fourth-order valence-electron chi connectivity index (χ4n) is 5.22. The normalized spacial score (nSPS) is 10.7. The van der Waals surface area contributed by atoms with E-state index < -0.39 is 82.9 Å². The van der Waals surface area contributed by atoms with Crippen LogP contribution >= 0.6 is 0 Å². The molecule has 8 amide bonds. The molecule has 2 rings (SSSR count). The van der Waals surface area contributed by atoms with Gasteiger partial charge in [-0.1, -0.05) is 12.8 Å². The van der Waals surface area contributed by atoms with Gasteiger partial charge in [-0.3, -0.25) is 38.3 Å². The second-order valence-electron chi connectivity index (χ2n) is 12.0. The summed E-state index contributed by atoms with van der Waals surface area (Å²) in [7, 11) is 0. The third-order valence-electron chi connectivity index (χ3n) is 8.26. The third kappa shape index (κ3) is 13.2. The molecule has 24 nitrogen and oxygen atoms in total. The largest absolute Gasteiger partial charge is 0.465 e. The Bertz CT molecular complexity index is 1800. The number of carboxylic acid groups (broad SMARTS) is 2. The number of carbonyl (C=O) groups excluding carboxylic acids is 4. The lowest BCUT2D eigenvalue weighted by Crippen LogP contribution is -2.45. The van der Waals surface area contributed by atoms with Crippen molar-refractivity contribution in [3.05, 3.63) is 65.2 Å². The van der Waals surface area contributed by atoms with Crippen molar-refractivity contribution in [1.82, 2.24) is 49.3 Å². The van der Waals surface area contributed by atoms with E-state index >= 15 is 0 Å². The first-order chi connectivity index (χ1) is 26.6. The molecule has 0 unspecified atom stereocenters. The Balaban J connectivity index is 1.83. The van der Waals surface area contributed by atoms with Gasteiger partial charge in [0.2, 0.25) is 0 Å². The van der Waals surface area contributed by atoms with E-state index in [9.17, 15) is 68.4 Å². The smallest absolute Gasteiger partial charge is 0.414 e. The molecule has 0 aliphatic carbocycles. The minimum atomic E-state index is -1.58. The minimum Gasteiger partial charge on any atom is -0.465 e. The van der Waals surface area contributed by atoms with Crippen LogP contribution in [0.3, 0.4) is 0 Å². The Morgan fingerprint density at radius 1 is 0.607 bits per heavy atom. The van der Waals surface area contributed by atoms with Crippen molar-refractivity contribution in [1.29, 1.82) is 0 Å². The highest BCUT2D eigenvalue weighted by Crippen LogP contribution is 2.03. The summed E-state index contributed by atoms with van der Waals surface area (Å²) in [5.41, 5.74) is -5.07. The number of unbranched alkanes of at least 4 members (excludes halogenated alkanes) is 3. The second-order valence-corrected chi connectivity index (χ2v) is 12.0. The van der Waals surface area contributed by atoms with Gasteiger partial charge in [0.05, 0.1) is 13.2 Å². The van der Waals surface area contributed by atoms with Gasteiger partial charge in [-0.15, -0.1) is 0 Å². The van der Waals surface area contributed by atoms with Crippen LogP contribution in [-0.2, 0) is 13.1 Å². The zero-order chi connectivity index (χ0) is 41.9. The van der Waals surface area contributed by atoms with Gasteiger partial charge in [-0.05, 0) is 26.7 Å². The molecule has 0 aliphatic heterocycles. The molecule has 0 aliphatic rings. The minimum absolute atomic E-state index is 0.0991. The number of H-pyrrole nitrogens is 2. The summed E-state index contributed by atoms with van der Waals surface area (Å²) in [5.74, 6) is -2.25. The molecule has 0 radical (unpaired) electrons. The zero-order valence-corrected chi connectivity index (χ0v) is 31.0. The fraction of sp³-hybridized carbons (Fsp3) is 0.562. The maximum atomic E-state index is 12.8. The highest BCUT2D eigenvalue weighted by atomic mass is 16.4. The first-order valence-electron chi connectivity index (χ1n) is 17.7. The summed E-state index contributed by atoms with van der Waals surface area (Å²) in [5, 5.41) is 42.7. The van der Waals surface area contributed by atoms with Crippen LogP contribution in [0.5, 0.6) is 0 Å². The third-order valence-corrected chi connectivity index (χ3v) is 8.26. The average Bonchev–Trinajstić information content (AvgIpc) is 3.13. The van der Waals surface area contributed by atoms with Crippen molar-refractivity contribution in [3.63, 3.8) is 0 Å². The van der Waals surface area contributed by atoms with E-state index in [2.05, 4.69) is 10.6 Å². The Morgan fingerprint density at radius 3 is 1.27 bits per heavy atom. The highest BCUT2D eigenvalue weighted by Gasteiger charge is 2.26. The number of carbonyl (C=O) groups is 6. The lowest BCUT2D eigenvalue weighted by molar-refractivity contribution is 0.0733.